The van der Waals surface area contributed by atoms with Gasteiger partial charge in [0.05, 0.1) is 0 Å². The summed E-state index contributed by atoms with van der Waals surface area (Å²) in [6, 6.07) is 0. The predicted molar refractivity (Wildman–Crippen MR) is 72.5 cm³/mol. The fourth-order valence-corrected chi connectivity index (χ4v) is 3.91. The third-order valence-electron chi connectivity index (χ3n) is 3.83. The molecule has 0 radical (unpaired) electrons. The molecule has 8 heteroatoms. The molecule has 112 valence electrons. The number of hydrogen-bond acceptors (Lipinski definition) is 5. The molecule has 0 saturated carbocycles. The molecule has 0 aromatic heterocycles. The van der Waals surface area contributed by atoms with Crippen LogP contribution >= 0.6 is 0 Å². The van der Waals surface area contributed by atoms with Crippen molar-refractivity contribution < 1.29 is 13.5 Å². The number of likely N-dealkylation sites (N-methyl/N-ethyl adjacent to an activating group) is 1. The lowest BCUT2D eigenvalue weighted by atomic mass is 10.0. The van der Waals surface area contributed by atoms with Crippen LogP contribution in [0.3, 0.4) is 0 Å². The molecular weight excluding hydrogens is 268 g/mol. The Morgan fingerprint density at radius 1 is 1.21 bits per heavy atom. The Morgan fingerprint density at radius 3 is 2.53 bits per heavy atom. The van der Waals surface area contributed by atoms with E-state index in [2.05, 4.69) is 9.73 Å². The van der Waals surface area contributed by atoms with Crippen LogP contribution in [0.2, 0.25) is 0 Å². The molecule has 1 unspecified atom stereocenters. The number of piperidine rings is 1. The molecule has 0 aromatic rings. The van der Waals surface area contributed by atoms with E-state index >= 15 is 0 Å². The van der Waals surface area contributed by atoms with Gasteiger partial charge in [-0.25, -0.2) is 5.01 Å². The topological polar surface area (TPSA) is 76.1 Å². The highest BCUT2D eigenvalue weighted by Gasteiger charge is 2.30. The third kappa shape index (κ3) is 4.11. The fraction of sp³-hybridized carbons (Fsp3) is 1.00. The SMILES string of the molecule is CN1CCN(NS(=O)(=O)N2CCCC(CO)C2)CC1. The molecule has 0 aliphatic carbocycles. The lowest BCUT2D eigenvalue weighted by Crippen LogP contribution is -2.57. The zero-order valence-corrected chi connectivity index (χ0v) is 12.3. The average molecular weight is 292 g/mol. The van der Waals surface area contributed by atoms with Crippen molar-refractivity contribution in [1.29, 1.82) is 0 Å². The molecular formula is C11H24N4O3S. The van der Waals surface area contributed by atoms with E-state index in [9.17, 15) is 8.42 Å². The number of hydrazine groups is 1. The van der Waals surface area contributed by atoms with Crippen LogP contribution in [0, 0.1) is 5.92 Å². The maximum absolute atomic E-state index is 12.3. The van der Waals surface area contributed by atoms with Gasteiger partial charge in [0.1, 0.15) is 0 Å². The second-order valence-corrected chi connectivity index (χ2v) is 7.08. The monoisotopic (exact) mass is 292 g/mol. The van der Waals surface area contributed by atoms with Crippen molar-refractivity contribution in [2.45, 2.75) is 12.8 Å². The summed E-state index contributed by atoms with van der Waals surface area (Å²) in [6.07, 6.45) is 1.71. The highest BCUT2D eigenvalue weighted by molar-refractivity contribution is 7.87. The van der Waals surface area contributed by atoms with Crippen LogP contribution in [0.25, 0.3) is 0 Å². The zero-order chi connectivity index (χ0) is 13.9. The maximum Gasteiger partial charge on any atom is 0.292 e. The Balaban J connectivity index is 1.90. The molecule has 2 N–H and O–H groups in total. The van der Waals surface area contributed by atoms with E-state index in [1.54, 1.807) is 5.01 Å². The number of rotatable bonds is 4. The molecule has 0 aromatic carbocycles. The third-order valence-corrected chi connectivity index (χ3v) is 5.33. The van der Waals surface area contributed by atoms with Crippen molar-refractivity contribution in [2.24, 2.45) is 5.92 Å². The van der Waals surface area contributed by atoms with Crippen molar-refractivity contribution >= 4 is 10.2 Å². The summed E-state index contributed by atoms with van der Waals surface area (Å²) in [7, 11) is -1.43. The van der Waals surface area contributed by atoms with Crippen LogP contribution in [-0.2, 0) is 10.2 Å². The summed E-state index contributed by atoms with van der Waals surface area (Å²) in [6.45, 7) is 4.14. The molecule has 2 saturated heterocycles. The molecule has 0 amide bonds. The maximum atomic E-state index is 12.3. The lowest BCUT2D eigenvalue weighted by Gasteiger charge is -2.36. The Morgan fingerprint density at radius 2 is 1.89 bits per heavy atom. The fourth-order valence-electron chi connectivity index (χ4n) is 2.51. The summed E-state index contributed by atoms with van der Waals surface area (Å²) in [4.78, 5) is 4.83. The molecule has 0 bridgehead atoms. The summed E-state index contributed by atoms with van der Waals surface area (Å²) in [5.41, 5.74) is 0. The Bertz CT molecular complexity index is 381. The van der Waals surface area contributed by atoms with E-state index in [1.807, 2.05) is 7.05 Å². The first-order chi connectivity index (χ1) is 9.01. The number of hydrogen-bond donors (Lipinski definition) is 2. The first kappa shape index (κ1) is 15.1. The smallest absolute Gasteiger partial charge is 0.292 e. The van der Waals surface area contributed by atoms with Crippen molar-refractivity contribution in [3.8, 4) is 0 Å². The lowest BCUT2D eigenvalue weighted by molar-refractivity contribution is 0.126. The van der Waals surface area contributed by atoms with Crippen molar-refractivity contribution in [3.05, 3.63) is 0 Å². The highest BCUT2D eigenvalue weighted by Crippen LogP contribution is 2.18. The number of piperazine rings is 1. The van der Waals surface area contributed by atoms with Gasteiger partial charge in [0.15, 0.2) is 0 Å². The van der Waals surface area contributed by atoms with Gasteiger partial charge < -0.3 is 10.0 Å². The second-order valence-electron chi connectivity index (χ2n) is 5.44. The Labute approximate surface area is 115 Å². The first-order valence-electron chi connectivity index (χ1n) is 6.83. The Kier molecular flexibility index (Phi) is 5.15. The second kappa shape index (κ2) is 6.47. The molecule has 2 fully saturated rings. The number of nitrogens with one attached hydrogen (secondary N) is 1. The minimum Gasteiger partial charge on any atom is -0.396 e. The standard InChI is InChI=1S/C11H24N4O3S/c1-13-5-7-14(8-6-13)12-19(17,18)15-4-2-3-11(9-15)10-16/h11-12,16H,2-10H2,1H3. The van der Waals surface area contributed by atoms with Gasteiger partial charge in [-0.3, -0.25) is 0 Å². The van der Waals surface area contributed by atoms with E-state index in [4.69, 9.17) is 5.11 Å². The summed E-state index contributed by atoms with van der Waals surface area (Å²) in [5, 5.41) is 10.9. The minimum atomic E-state index is -3.46. The van der Waals surface area contributed by atoms with Gasteiger partial charge in [-0.15, -0.1) is 4.83 Å². The van der Waals surface area contributed by atoms with Crippen molar-refractivity contribution in [2.75, 3.05) is 52.9 Å². The molecule has 19 heavy (non-hydrogen) atoms. The van der Waals surface area contributed by atoms with Crippen LogP contribution in [0.15, 0.2) is 0 Å². The Hall–Kier alpha value is -0.250. The molecule has 0 spiro atoms. The predicted octanol–water partition coefficient (Wildman–Crippen LogP) is -1.31. The van der Waals surface area contributed by atoms with Gasteiger partial charge in [0.2, 0.25) is 0 Å². The van der Waals surface area contributed by atoms with E-state index in [0.29, 0.717) is 26.2 Å². The van der Waals surface area contributed by atoms with Gasteiger partial charge >= 0.3 is 0 Å². The molecule has 2 aliphatic rings. The van der Waals surface area contributed by atoms with E-state index < -0.39 is 10.2 Å². The van der Waals surface area contributed by atoms with E-state index in [-0.39, 0.29) is 12.5 Å². The molecule has 2 heterocycles. The molecule has 7 nitrogen and oxygen atoms in total. The van der Waals surface area contributed by atoms with Gasteiger partial charge in [-0.2, -0.15) is 12.7 Å². The summed E-state index contributed by atoms with van der Waals surface area (Å²) in [5.74, 6) is 0.0674. The van der Waals surface area contributed by atoms with Crippen LogP contribution in [0.4, 0.5) is 0 Å². The number of nitrogens with zero attached hydrogens (tertiary/aromatic N) is 3. The van der Waals surface area contributed by atoms with Crippen LogP contribution in [-0.4, -0.2) is 80.7 Å². The number of aliphatic hydroxyl groups is 1. The summed E-state index contributed by atoms with van der Waals surface area (Å²) >= 11 is 0. The van der Waals surface area contributed by atoms with Crippen LogP contribution in [0.1, 0.15) is 12.8 Å². The van der Waals surface area contributed by atoms with Gasteiger partial charge in [-0.1, -0.05) is 0 Å². The quantitative estimate of drug-likeness (QED) is 0.673. The minimum absolute atomic E-state index is 0.0561. The van der Waals surface area contributed by atoms with Crippen LogP contribution < -0.4 is 4.83 Å². The average Bonchev–Trinajstić information content (AvgIpc) is 2.41. The zero-order valence-electron chi connectivity index (χ0n) is 11.5. The van der Waals surface area contributed by atoms with E-state index in [1.165, 1.54) is 4.31 Å². The first-order valence-corrected chi connectivity index (χ1v) is 8.27. The molecule has 2 aliphatic heterocycles. The molecule has 2 rings (SSSR count). The van der Waals surface area contributed by atoms with Gasteiger partial charge in [0, 0.05) is 45.9 Å². The highest BCUT2D eigenvalue weighted by atomic mass is 32.2. The number of aliphatic hydroxyl groups excluding tert-OH is 1. The van der Waals surface area contributed by atoms with Crippen molar-refractivity contribution in [1.82, 2.24) is 19.0 Å². The normalized spacial score (nSPS) is 28.6. The van der Waals surface area contributed by atoms with Crippen molar-refractivity contribution in [3.63, 3.8) is 0 Å². The van der Waals surface area contributed by atoms with Crippen LogP contribution in [0.5, 0.6) is 0 Å². The van der Waals surface area contributed by atoms with E-state index in [0.717, 1.165) is 25.9 Å². The van der Waals surface area contributed by atoms with Gasteiger partial charge in [-0.05, 0) is 25.8 Å². The summed E-state index contributed by atoms with van der Waals surface area (Å²) < 4.78 is 26.0. The molecule has 1 atom stereocenters. The van der Waals surface area contributed by atoms with Gasteiger partial charge in [0.25, 0.3) is 10.2 Å². The largest absolute Gasteiger partial charge is 0.396 e.